The summed E-state index contributed by atoms with van der Waals surface area (Å²) in [4.78, 5) is 44.2. The van der Waals surface area contributed by atoms with Crippen LogP contribution >= 0.6 is 23.1 Å². The highest BCUT2D eigenvalue weighted by Gasteiger charge is 2.59. The number of nitrogens with zero attached hydrogens (tertiary/aromatic N) is 4. The number of carbonyl (C=O) groups is 3. The van der Waals surface area contributed by atoms with Crippen LogP contribution in [0.25, 0.3) is 6.08 Å². The molecule has 0 saturated carbocycles. The number of likely N-dealkylation sites (tertiary alicyclic amines) is 1. The summed E-state index contributed by atoms with van der Waals surface area (Å²) < 4.78 is 0. The third-order valence-electron chi connectivity index (χ3n) is 5.81. The molecule has 4 atom stereocenters. The van der Waals surface area contributed by atoms with Crippen molar-refractivity contribution in [1.29, 1.82) is 5.26 Å². The molecule has 0 aliphatic carbocycles. The van der Waals surface area contributed by atoms with E-state index in [1.54, 1.807) is 28.7 Å². The van der Waals surface area contributed by atoms with Crippen LogP contribution in [0.3, 0.4) is 0 Å². The van der Waals surface area contributed by atoms with Gasteiger partial charge >= 0.3 is 5.97 Å². The average molecular weight is 461 g/mol. The number of aliphatic hydroxyl groups excluding tert-OH is 1. The molecule has 3 aliphatic heterocycles. The van der Waals surface area contributed by atoms with Crippen molar-refractivity contribution in [2.45, 2.75) is 26.0 Å². The number of thioether (sulfide) groups is 1. The van der Waals surface area contributed by atoms with E-state index in [9.17, 15) is 24.6 Å². The summed E-state index contributed by atoms with van der Waals surface area (Å²) in [6, 6.07) is 1.77. The number of hydrogen-bond donors (Lipinski definition) is 2. The number of thiazole rings is 1. The fraction of sp³-hybridized carbons (Fsp3) is 0.450. The van der Waals surface area contributed by atoms with Gasteiger partial charge in [-0.05, 0) is 18.4 Å². The molecule has 31 heavy (non-hydrogen) atoms. The number of carboxylic acid groups (broad SMARTS) is 1. The van der Waals surface area contributed by atoms with Gasteiger partial charge in [0, 0.05) is 29.3 Å². The van der Waals surface area contributed by atoms with Gasteiger partial charge in [0.15, 0.2) is 0 Å². The van der Waals surface area contributed by atoms with E-state index in [4.69, 9.17) is 5.26 Å². The number of amides is 2. The molecular formula is C20H20N4O5S2. The van der Waals surface area contributed by atoms with E-state index in [-0.39, 0.29) is 35.4 Å². The first kappa shape index (κ1) is 21.5. The van der Waals surface area contributed by atoms with Gasteiger partial charge in [-0.3, -0.25) is 9.59 Å². The van der Waals surface area contributed by atoms with Crippen molar-refractivity contribution in [3.8, 4) is 6.07 Å². The zero-order valence-electron chi connectivity index (χ0n) is 16.8. The Morgan fingerprint density at radius 2 is 2.16 bits per heavy atom. The third kappa shape index (κ3) is 3.54. The molecule has 9 nitrogen and oxygen atoms in total. The molecule has 2 saturated heterocycles. The molecule has 162 valence electrons. The Balaban J connectivity index is 1.45. The molecule has 1 aromatic heterocycles. The molecule has 4 heterocycles. The van der Waals surface area contributed by atoms with Gasteiger partial charge in [-0.2, -0.15) is 5.26 Å². The van der Waals surface area contributed by atoms with Crippen molar-refractivity contribution in [3.63, 3.8) is 0 Å². The number of fused-ring (bicyclic) bond motifs is 1. The minimum absolute atomic E-state index is 0.0334. The predicted octanol–water partition coefficient (Wildman–Crippen LogP) is 1.60. The van der Waals surface area contributed by atoms with E-state index in [1.165, 1.54) is 28.0 Å². The largest absolute Gasteiger partial charge is 0.477 e. The maximum Gasteiger partial charge on any atom is 0.353 e. The van der Waals surface area contributed by atoms with Gasteiger partial charge in [-0.1, -0.05) is 18.7 Å². The normalized spacial score (nSPS) is 26.5. The van der Waals surface area contributed by atoms with E-state index >= 15 is 0 Å². The first-order chi connectivity index (χ1) is 14.7. The molecule has 0 bridgehead atoms. The smallest absolute Gasteiger partial charge is 0.353 e. The Morgan fingerprint density at radius 3 is 2.77 bits per heavy atom. The standard InChI is InChI=1S/C20H20N4O5S2/c1-9-15-14(10(2)25)19(27)24(15)16(20(28)29)17(9)30-4-3-13-22-12(8-31-13)18(26)23-6-11(5-21)7-23/h3-4,8-11,14-15,25H,6-7H2,1-2H3,(H,28,29)/t9-,10-,14-,15-/m1/s1. The Kier molecular flexibility index (Phi) is 5.63. The summed E-state index contributed by atoms with van der Waals surface area (Å²) in [5.41, 5.74) is 0.286. The molecular weight excluding hydrogens is 440 g/mol. The Morgan fingerprint density at radius 1 is 1.45 bits per heavy atom. The van der Waals surface area contributed by atoms with Gasteiger partial charge in [0.2, 0.25) is 5.91 Å². The third-order valence-corrected chi connectivity index (χ3v) is 7.71. The van der Waals surface area contributed by atoms with Crippen molar-refractivity contribution in [2.75, 3.05) is 13.1 Å². The molecule has 2 amide bonds. The number of hydrogen-bond acceptors (Lipinski definition) is 8. The zero-order chi connectivity index (χ0) is 22.4. The summed E-state index contributed by atoms with van der Waals surface area (Å²) in [6.07, 6.45) is 0.857. The second kappa shape index (κ2) is 8.11. The average Bonchev–Trinajstić information content (AvgIpc) is 3.23. The molecule has 0 spiro atoms. The molecule has 1 aromatic rings. The maximum atomic E-state index is 12.4. The number of nitriles is 1. The van der Waals surface area contributed by atoms with E-state index in [2.05, 4.69) is 11.1 Å². The van der Waals surface area contributed by atoms with Gasteiger partial charge in [0.05, 0.1) is 30.1 Å². The number of rotatable bonds is 6. The van der Waals surface area contributed by atoms with Crippen LogP contribution in [-0.2, 0) is 9.59 Å². The fourth-order valence-corrected chi connectivity index (χ4v) is 5.96. The lowest BCUT2D eigenvalue weighted by atomic mass is 9.79. The molecule has 4 rings (SSSR count). The van der Waals surface area contributed by atoms with Crippen LogP contribution < -0.4 is 0 Å². The zero-order valence-corrected chi connectivity index (χ0v) is 18.4. The second-order valence-corrected chi connectivity index (χ2v) is 9.64. The highest BCUT2D eigenvalue weighted by atomic mass is 32.2. The van der Waals surface area contributed by atoms with Gasteiger partial charge in [0.1, 0.15) is 16.4 Å². The Labute approximate surface area is 186 Å². The lowest BCUT2D eigenvalue weighted by Crippen LogP contribution is -2.63. The molecule has 2 fully saturated rings. The van der Waals surface area contributed by atoms with E-state index in [1.807, 2.05) is 6.92 Å². The van der Waals surface area contributed by atoms with Crippen LogP contribution in [0.1, 0.15) is 29.3 Å². The molecule has 0 aromatic carbocycles. The maximum absolute atomic E-state index is 12.4. The number of aliphatic carboxylic acids is 1. The summed E-state index contributed by atoms with van der Waals surface area (Å²) >= 11 is 2.50. The lowest BCUT2D eigenvalue weighted by Gasteiger charge is -2.46. The van der Waals surface area contributed by atoms with E-state index in [0.29, 0.717) is 28.7 Å². The number of carbonyl (C=O) groups excluding carboxylic acids is 2. The van der Waals surface area contributed by atoms with Crippen LogP contribution in [0.4, 0.5) is 0 Å². The molecule has 0 radical (unpaired) electrons. The number of β-lactam (4-membered cyclic amide) rings is 1. The van der Waals surface area contributed by atoms with Gasteiger partial charge in [0.25, 0.3) is 5.91 Å². The summed E-state index contributed by atoms with van der Waals surface area (Å²) in [6.45, 7) is 4.23. The molecule has 0 unspecified atom stereocenters. The van der Waals surface area contributed by atoms with E-state index < -0.39 is 18.0 Å². The van der Waals surface area contributed by atoms with E-state index in [0.717, 1.165) is 0 Å². The number of aliphatic hydroxyl groups is 1. The van der Waals surface area contributed by atoms with Crippen molar-refractivity contribution in [3.05, 3.63) is 32.1 Å². The quantitative estimate of drug-likeness (QED) is 0.611. The topological polar surface area (TPSA) is 135 Å². The predicted molar refractivity (Wildman–Crippen MR) is 113 cm³/mol. The van der Waals surface area contributed by atoms with Gasteiger partial charge in [-0.25, -0.2) is 9.78 Å². The van der Waals surface area contributed by atoms with Gasteiger partial charge in [-0.15, -0.1) is 11.3 Å². The van der Waals surface area contributed by atoms with Crippen molar-refractivity contribution < 1.29 is 24.6 Å². The van der Waals surface area contributed by atoms with Crippen molar-refractivity contribution in [1.82, 2.24) is 14.8 Å². The molecule has 3 aliphatic rings. The van der Waals surface area contributed by atoms with Crippen LogP contribution in [0.2, 0.25) is 0 Å². The number of carboxylic acids is 1. The van der Waals surface area contributed by atoms with Gasteiger partial charge < -0.3 is 20.0 Å². The van der Waals surface area contributed by atoms with Crippen molar-refractivity contribution >= 4 is 47.0 Å². The van der Waals surface area contributed by atoms with Crippen LogP contribution in [0.5, 0.6) is 0 Å². The molecule has 2 N–H and O–H groups in total. The summed E-state index contributed by atoms with van der Waals surface area (Å²) in [7, 11) is 0. The number of aromatic nitrogens is 1. The van der Waals surface area contributed by atoms with Crippen LogP contribution in [-0.4, -0.2) is 68.0 Å². The Bertz CT molecular complexity index is 1050. The van der Waals surface area contributed by atoms with Crippen LogP contribution in [0.15, 0.2) is 21.4 Å². The SMILES string of the molecule is C[C@@H](O)[C@H]1C(=O)N2C(C(=O)O)=C(SC=Cc3nc(C(=O)N4CC(C#N)C4)cs3)[C@H](C)[C@H]12. The molecule has 11 heteroatoms. The fourth-order valence-electron chi connectivity index (χ4n) is 4.19. The lowest BCUT2D eigenvalue weighted by molar-refractivity contribution is -0.163. The second-order valence-electron chi connectivity index (χ2n) is 7.80. The minimum atomic E-state index is -1.17. The first-order valence-corrected chi connectivity index (χ1v) is 11.5. The van der Waals surface area contributed by atoms with Crippen molar-refractivity contribution in [2.24, 2.45) is 17.8 Å². The highest BCUT2D eigenvalue weighted by molar-refractivity contribution is 8.06. The summed E-state index contributed by atoms with van der Waals surface area (Å²) in [5, 5.41) is 32.3. The Hall–Kier alpha value is -2.68. The first-order valence-electron chi connectivity index (χ1n) is 9.70. The highest BCUT2D eigenvalue weighted by Crippen LogP contribution is 2.50. The summed E-state index contributed by atoms with van der Waals surface area (Å²) in [5.74, 6) is -2.67. The minimum Gasteiger partial charge on any atom is -0.477 e. The van der Waals surface area contributed by atoms with Crippen LogP contribution in [0, 0.1) is 29.1 Å². The monoisotopic (exact) mass is 460 g/mol.